The van der Waals surface area contributed by atoms with Crippen LogP contribution in [0.4, 0.5) is 0 Å². The van der Waals surface area contributed by atoms with Crippen LogP contribution in [0.15, 0.2) is 24.3 Å². The van der Waals surface area contributed by atoms with Gasteiger partial charge in [-0.05, 0) is 36.0 Å². The molecule has 5 heteroatoms. The van der Waals surface area contributed by atoms with Gasteiger partial charge in [0, 0.05) is 13.0 Å². The van der Waals surface area contributed by atoms with Crippen molar-refractivity contribution in [3.8, 4) is 5.75 Å². The monoisotopic (exact) mass is 319 g/mol. The van der Waals surface area contributed by atoms with E-state index in [9.17, 15) is 9.59 Å². The number of hydrogen-bond donors (Lipinski definition) is 1. The smallest absolute Gasteiger partial charge is 0.303 e. The van der Waals surface area contributed by atoms with Crippen LogP contribution in [-0.4, -0.2) is 35.5 Å². The van der Waals surface area contributed by atoms with Gasteiger partial charge in [-0.1, -0.05) is 26.0 Å². The van der Waals surface area contributed by atoms with E-state index in [0.717, 1.165) is 30.7 Å². The average Bonchev–Trinajstić information content (AvgIpc) is 2.95. The molecule has 5 nitrogen and oxygen atoms in total. The molecule has 0 radical (unpaired) electrons. The van der Waals surface area contributed by atoms with E-state index in [2.05, 4.69) is 0 Å². The van der Waals surface area contributed by atoms with E-state index in [-0.39, 0.29) is 24.8 Å². The number of methoxy groups -OCH3 is 1. The zero-order chi connectivity index (χ0) is 17.0. The van der Waals surface area contributed by atoms with Gasteiger partial charge >= 0.3 is 5.97 Å². The molecule has 1 atom stereocenters. The third-order valence-electron chi connectivity index (χ3n) is 4.33. The van der Waals surface area contributed by atoms with Crippen LogP contribution in [0.3, 0.4) is 0 Å². The molecular weight excluding hydrogens is 294 g/mol. The summed E-state index contributed by atoms with van der Waals surface area (Å²) in [5, 5.41) is 8.97. The number of benzene rings is 1. The average molecular weight is 319 g/mol. The van der Waals surface area contributed by atoms with Crippen LogP contribution in [0, 0.1) is 5.41 Å². The molecule has 23 heavy (non-hydrogen) atoms. The van der Waals surface area contributed by atoms with E-state index >= 15 is 0 Å². The fraction of sp³-hybridized carbons (Fsp3) is 0.556. The van der Waals surface area contributed by atoms with Crippen molar-refractivity contribution >= 4 is 11.9 Å². The summed E-state index contributed by atoms with van der Waals surface area (Å²) in [5.41, 5.74) is 0.573. The first-order valence-corrected chi connectivity index (χ1v) is 7.97. The minimum Gasteiger partial charge on any atom is -0.497 e. The Morgan fingerprint density at radius 2 is 1.91 bits per heavy atom. The van der Waals surface area contributed by atoms with Crippen molar-refractivity contribution in [2.45, 2.75) is 45.6 Å². The van der Waals surface area contributed by atoms with Gasteiger partial charge in [-0.15, -0.1) is 0 Å². The number of nitrogens with zero attached hydrogens (tertiary/aromatic N) is 1. The van der Waals surface area contributed by atoms with Crippen LogP contribution in [-0.2, 0) is 9.59 Å². The maximum Gasteiger partial charge on any atom is 0.303 e. The Bertz CT molecular complexity index is 565. The molecule has 2 rings (SSSR count). The van der Waals surface area contributed by atoms with Crippen molar-refractivity contribution in [3.05, 3.63) is 29.8 Å². The Kier molecular flexibility index (Phi) is 5.29. The quantitative estimate of drug-likeness (QED) is 0.874. The number of ether oxygens (including phenoxy) is 1. The number of carbonyl (C=O) groups is 2. The summed E-state index contributed by atoms with van der Waals surface area (Å²) in [4.78, 5) is 25.5. The molecule has 0 spiro atoms. The number of carbonyl (C=O) groups excluding carboxylic acids is 1. The standard InChI is InChI=1S/C18H25NO4/c1-18(2,12-17(21)22)11-16(20)19-10-4-5-15(19)13-6-8-14(23-3)9-7-13/h6-9,15H,4-5,10-12H2,1-3H3,(H,21,22)/t15-/m0/s1. The number of carboxylic acids is 1. The number of rotatable bonds is 6. The summed E-state index contributed by atoms with van der Waals surface area (Å²) >= 11 is 0. The summed E-state index contributed by atoms with van der Waals surface area (Å²) < 4.78 is 5.17. The van der Waals surface area contributed by atoms with Crippen LogP contribution in [0.25, 0.3) is 0 Å². The van der Waals surface area contributed by atoms with E-state index in [0.29, 0.717) is 0 Å². The molecule has 1 aromatic carbocycles. The lowest BCUT2D eigenvalue weighted by Gasteiger charge is -2.29. The summed E-state index contributed by atoms with van der Waals surface area (Å²) in [5.74, 6) is -0.0299. The fourth-order valence-corrected chi connectivity index (χ4v) is 3.22. The zero-order valence-electron chi connectivity index (χ0n) is 14.0. The second kappa shape index (κ2) is 7.02. The first kappa shape index (κ1) is 17.3. The summed E-state index contributed by atoms with van der Waals surface area (Å²) in [6.45, 7) is 4.40. The van der Waals surface area contributed by atoms with Crippen LogP contribution < -0.4 is 4.74 Å². The molecule has 0 unspecified atom stereocenters. The summed E-state index contributed by atoms with van der Waals surface area (Å²) in [6.07, 6.45) is 2.17. The highest BCUT2D eigenvalue weighted by Gasteiger charge is 2.33. The Balaban J connectivity index is 2.08. The first-order chi connectivity index (χ1) is 10.8. The molecule has 1 fully saturated rings. The zero-order valence-corrected chi connectivity index (χ0v) is 14.0. The number of carboxylic acid groups (broad SMARTS) is 1. The van der Waals surface area contributed by atoms with Crippen LogP contribution in [0.2, 0.25) is 0 Å². The number of likely N-dealkylation sites (tertiary alicyclic amines) is 1. The van der Waals surface area contributed by atoms with Crippen molar-refractivity contribution in [3.63, 3.8) is 0 Å². The van der Waals surface area contributed by atoms with E-state index in [1.807, 2.05) is 43.0 Å². The lowest BCUT2D eigenvalue weighted by atomic mass is 9.85. The van der Waals surface area contributed by atoms with Gasteiger partial charge in [0.1, 0.15) is 5.75 Å². The molecule has 1 aromatic rings. The van der Waals surface area contributed by atoms with Crippen molar-refractivity contribution in [1.82, 2.24) is 4.90 Å². The van der Waals surface area contributed by atoms with E-state index in [4.69, 9.17) is 9.84 Å². The predicted octanol–water partition coefficient (Wildman–Crippen LogP) is 3.25. The molecule has 1 saturated heterocycles. The van der Waals surface area contributed by atoms with Gasteiger partial charge in [0.15, 0.2) is 0 Å². The van der Waals surface area contributed by atoms with Crippen molar-refractivity contribution in [2.75, 3.05) is 13.7 Å². The maximum absolute atomic E-state index is 12.7. The Labute approximate surface area is 137 Å². The molecular formula is C18H25NO4. The third-order valence-corrected chi connectivity index (χ3v) is 4.33. The van der Waals surface area contributed by atoms with Crippen LogP contribution >= 0.6 is 0 Å². The molecule has 1 aliphatic rings. The number of aliphatic carboxylic acids is 1. The Morgan fingerprint density at radius 3 is 2.48 bits per heavy atom. The lowest BCUT2D eigenvalue weighted by Crippen LogP contribution is -2.34. The lowest BCUT2D eigenvalue weighted by molar-refractivity contribution is -0.141. The summed E-state index contributed by atoms with van der Waals surface area (Å²) in [7, 11) is 1.63. The van der Waals surface area contributed by atoms with E-state index in [1.54, 1.807) is 7.11 Å². The Morgan fingerprint density at radius 1 is 1.26 bits per heavy atom. The minimum atomic E-state index is -0.865. The van der Waals surface area contributed by atoms with Gasteiger partial charge in [-0.25, -0.2) is 0 Å². The van der Waals surface area contributed by atoms with Crippen molar-refractivity contribution in [1.29, 1.82) is 0 Å². The number of amides is 1. The van der Waals surface area contributed by atoms with Gasteiger partial charge < -0.3 is 14.7 Å². The molecule has 0 saturated carbocycles. The molecule has 1 N–H and O–H groups in total. The molecule has 0 aliphatic carbocycles. The predicted molar refractivity (Wildman–Crippen MR) is 87.3 cm³/mol. The second-order valence-corrected chi connectivity index (χ2v) is 6.93. The highest BCUT2D eigenvalue weighted by Crippen LogP contribution is 2.35. The van der Waals surface area contributed by atoms with Gasteiger partial charge in [0.25, 0.3) is 0 Å². The van der Waals surface area contributed by atoms with E-state index in [1.165, 1.54) is 0 Å². The van der Waals surface area contributed by atoms with Gasteiger partial charge in [-0.3, -0.25) is 9.59 Å². The minimum absolute atomic E-state index is 0.000216. The molecule has 1 amide bonds. The van der Waals surface area contributed by atoms with Crippen LogP contribution in [0.5, 0.6) is 5.75 Å². The first-order valence-electron chi connectivity index (χ1n) is 7.97. The molecule has 0 aromatic heterocycles. The molecule has 1 aliphatic heterocycles. The molecule has 0 bridgehead atoms. The molecule has 1 heterocycles. The maximum atomic E-state index is 12.7. The SMILES string of the molecule is COc1ccc([C@@H]2CCCN2C(=O)CC(C)(C)CC(=O)O)cc1. The van der Waals surface area contributed by atoms with Crippen molar-refractivity contribution in [2.24, 2.45) is 5.41 Å². The van der Waals surface area contributed by atoms with E-state index < -0.39 is 11.4 Å². The van der Waals surface area contributed by atoms with Crippen LogP contribution in [0.1, 0.15) is 51.1 Å². The second-order valence-electron chi connectivity index (χ2n) is 6.93. The van der Waals surface area contributed by atoms with Gasteiger partial charge in [0.05, 0.1) is 19.6 Å². The van der Waals surface area contributed by atoms with Gasteiger partial charge in [0.2, 0.25) is 5.91 Å². The fourth-order valence-electron chi connectivity index (χ4n) is 3.22. The molecule has 126 valence electrons. The topological polar surface area (TPSA) is 66.8 Å². The summed E-state index contributed by atoms with van der Waals surface area (Å²) in [6, 6.07) is 7.89. The normalized spacial score (nSPS) is 18.0. The Hall–Kier alpha value is -2.04. The largest absolute Gasteiger partial charge is 0.497 e. The third kappa shape index (κ3) is 4.47. The highest BCUT2D eigenvalue weighted by atomic mass is 16.5. The highest BCUT2D eigenvalue weighted by molar-refractivity contribution is 5.79. The van der Waals surface area contributed by atoms with Crippen molar-refractivity contribution < 1.29 is 19.4 Å². The number of hydrogen-bond acceptors (Lipinski definition) is 3. The van der Waals surface area contributed by atoms with Gasteiger partial charge in [-0.2, -0.15) is 0 Å².